The number of hydrogen-bond acceptors (Lipinski definition) is 6. The van der Waals surface area contributed by atoms with Crippen molar-refractivity contribution in [1.82, 2.24) is 9.62 Å². The zero-order valence-corrected chi connectivity index (χ0v) is 18.9. The van der Waals surface area contributed by atoms with Gasteiger partial charge in [-0.15, -0.1) is 0 Å². The van der Waals surface area contributed by atoms with Crippen LogP contribution in [-0.2, 0) is 26.2 Å². The van der Waals surface area contributed by atoms with E-state index in [2.05, 4.69) is 5.32 Å². The number of benzene rings is 2. The van der Waals surface area contributed by atoms with Crippen LogP contribution >= 0.6 is 0 Å². The van der Waals surface area contributed by atoms with Crippen LogP contribution in [0.5, 0.6) is 5.75 Å². The average Bonchev–Trinajstić information content (AvgIpc) is 2.75. The number of nitrogens with one attached hydrogen (secondary N) is 1. The fraction of sp³-hybridized carbons (Fsp3) is 0.318. The van der Waals surface area contributed by atoms with Crippen molar-refractivity contribution in [1.29, 1.82) is 5.26 Å². The molecule has 0 spiro atoms. The molecule has 0 unspecified atom stereocenters. The Hall–Kier alpha value is -3.42. The van der Waals surface area contributed by atoms with E-state index in [9.17, 15) is 18.0 Å². The maximum absolute atomic E-state index is 12.5. The third kappa shape index (κ3) is 6.80. The van der Waals surface area contributed by atoms with Crippen LogP contribution in [0.25, 0.3) is 11.1 Å². The fourth-order valence-electron chi connectivity index (χ4n) is 3.08. The number of primary amides is 1. The molecule has 0 saturated heterocycles. The number of amides is 2. The van der Waals surface area contributed by atoms with Gasteiger partial charge in [-0.05, 0) is 35.7 Å². The van der Waals surface area contributed by atoms with Gasteiger partial charge in [0.05, 0.1) is 25.9 Å². The Kier molecular flexibility index (Phi) is 8.34. The molecular weight excluding hydrogens is 432 g/mol. The Morgan fingerprint density at radius 3 is 2.38 bits per heavy atom. The van der Waals surface area contributed by atoms with Gasteiger partial charge < -0.3 is 15.8 Å². The van der Waals surface area contributed by atoms with Gasteiger partial charge in [0, 0.05) is 6.54 Å². The van der Waals surface area contributed by atoms with Gasteiger partial charge in [-0.3, -0.25) is 9.59 Å². The highest BCUT2D eigenvalue weighted by Crippen LogP contribution is 2.24. The molecule has 0 radical (unpaired) electrons. The van der Waals surface area contributed by atoms with Crippen LogP contribution in [0, 0.1) is 11.3 Å². The van der Waals surface area contributed by atoms with E-state index >= 15 is 0 Å². The summed E-state index contributed by atoms with van der Waals surface area (Å²) in [5, 5.41) is 11.4. The Labute approximate surface area is 187 Å². The number of sulfonamides is 1. The van der Waals surface area contributed by atoms with Gasteiger partial charge in [0.2, 0.25) is 21.8 Å². The predicted molar refractivity (Wildman–Crippen MR) is 120 cm³/mol. The molecule has 0 fully saturated rings. The summed E-state index contributed by atoms with van der Waals surface area (Å²) in [6, 6.07) is 14.3. The van der Waals surface area contributed by atoms with Crippen molar-refractivity contribution < 1.29 is 22.7 Å². The lowest BCUT2D eigenvalue weighted by atomic mass is 10.0. The molecule has 0 aliphatic heterocycles. The second-order valence-corrected chi connectivity index (χ2v) is 9.21. The van der Waals surface area contributed by atoms with E-state index in [0.29, 0.717) is 5.56 Å². The van der Waals surface area contributed by atoms with E-state index in [1.54, 1.807) is 25.3 Å². The maximum atomic E-state index is 12.5. The fourth-order valence-corrected chi connectivity index (χ4v) is 4.13. The maximum Gasteiger partial charge on any atom is 0.239 e. The first-order valence-corrected chi connectivity index (χ1v) is 11.6. The predicted octanol–water partition coefficient (Wildman–Crippen LogP) is 1.40. The number of nitrogens with zero attached hydrogens (tertiary/aromatic N) is 2. The van der Waals surface area contributed by atoms with Crippen LogP contribution in [0.3, 0.4) is 0 Å². The highest BCUT2D eigenvalue weighted by atomic mass is 32.2. The second kappa shape index (κ2) is 10.7. The van der Waals surface area contributed by atoms with Crippen LogP contribution in [-0.4, -0.2) is 50.0 Å². The number of methoxy groups -OCH3 is 1. The Balaban J connectivity index is 2.19. The van der Waals surface area contributed by atoms with E-state index in [4.69, 9.17) is 15.7 Å². The average molecular weight is 459 g/mol. The third-order valence-electron chi connectivity index (χ3n) is 4.81. The van der Waals surface area contributed by atoms with E-state index in [1.165, 1.54) is 6.92 Å². The van der Waals surface area contributed by atoms with E-state index in [1.807, 2.05) is 36.4 Å². The van der Waals surface area contributed by atoms with Crippen molar-refractivity contribution in [2.24, 2.45) is 5.73 Å². The molecule has 0 saturated carbocycles. The van der Waals surface area contributed by atoms with Gasteiger partial charge >= 0.3 is 0 Å². The molecule has 0 aliphatic carbocycles. The zero-order chi connectivity index (χ0) is 23.9. The number of carbonyl (C=O) groups is 2. The smallest absolute Gasteiger partial charge is 0.239 e. The van der Waals surface area contributed by atoms with E-state index in [-0.39, 0.29) is 13.0 Å². The van der Waals surface area contributed by atoms with Crippen molar-refractivity contribution in [3.05, 3.63) is 54.1 Å². The van der Waals surface area contributed by atoms with Crippen molar-refractivity contribution in [2.45, 2.75) is 32.0 Å². The van der Waals surface area contributed by atoms with Gasteiger partial charge in [-0.1, -0.05) is 36.4 Å². The van der Waals surface area contributed by atoms with Crippen LogP contribution in [0.2, 0.25) is 0 Å². The molecule has 32 heavy (non-hydrogen) atoms. The van der Waals surface area contributed by atoms with Crippen molar-refractivity contribution in [2.75, 3.05) is 13.4 Å². The molecule has 170 valence electrons. The molecule has 2 atom stereocenters. The summed E-state index contributed by atoms with van der Waals surface area (Å²) in [6.07, 6.45) is 0.645. The summed E-state index contributed by atoms with van der Waals surface area (Å²) in [7, 11) is -2.17. The first-order chi connectivity index (χ1) is 15.0. The van der Waals surface area contributed by atoms with Gasteiger partial charge in [-0.2, -0.15) is 9.57 Å². The first kappa shape index (κ1) is 24.8. The minimum absolute atomic E-state index is 0.0428. The van der Waals surface area contributed by atoms with Crippen LogP contribution in [0.4, 0.5) is 0 Å². The molecule has 2 aromatic carbocycles. The lowest BCUT2D eigenvalue weighted by Gasteiger charge is -2.27. The molecule has 0 bridgehead atoms. The molecule has 0 aliphatic rings. The zero-order valence-electron chi connectivity index (χ0n) is 18.1. The Morgan fingerprint density at radius 2 is 1.84 bits per heavy atom. The van der Waals surface area contributed by atoms with Crippen LogP contribution < -0.4 is 15.8 Å². The van der Waals surface area contributed by atoms with Gasteiger partial charge in [0.15, 0.2) is 0 Å². The van der Waals surface area contributed by atoms with E-state index < -0.39 is 33.9 Å². The van der Waals surface area contributed by atoms with Crippen LogP contribution in [0.15, 0.2) is 48.5 Å². The lowest BCUT2D eigenvalue weighted by Crippen LogP contribution is -2.50. The number of ether oxygens (including phenoxy) is 1. The molecular formula is C22H26N4O5S. The first-order valence-electron chi connectivity index (χ1n) is 9.73. The number of rotatable bonds is 10. The molecule has 9 nitrogen and oxygen atoms in total. The Morgan fingerprint density at radius 1 is 1.19 bits per heavy atom. The topological polar surface area (TPSA) is 143 Å². The number of hydrogen-bond donors (Lipinski definition) is 2. The van der Waals surface area contributed by atoms with Gasteiger partial charge in [0.25, 0.3) is 0 Å². The molecule has 3 N–H and O–H groups in total. The van der Waals surface area contributed by atoms with Gasteiger partial charge in [-0.25, -0.2) is 8.42 Å². The standard InChI is InChI=1S/C22H26N4O5S/c1-15(22(28)25-19(13-23)12-21(24)27)26(32(3,29)30)14-16-7-9-17(10-8-16)18-5-4-6-20(11-18)31-2/h4-11,15,19H,12,14H2,1-3H3,(H2,24,27)(H,25,28)/t15-,19-/m0/s1. The Bertz CT molecular complexity index is 1110. The second-order valence-electron chi connectivity index (χ2n) is 7.27. The minimum Gasteiger partial charge on any atom is -0.497 e. The molecule has 0 heterocycles. The highest BCUT2D eigenvalue weighted by molar-refractivity contribution is 7.88. The summed E-state index contributed by atoms with van der Waals surface area (Å²) >= 11 is 0. The third-order valence-corrected chi connectivity index (χ3v) is 6.11. The summed E-state index contributed by atoms with van der Waals surface area (Å²) in [5.41, 5.74) is 7.61. The quantitative estimate of drug-likeness (QED) is 0.551. The lowest BCUT2D eigenvalue weighted by molar-refractivity contribution is -0.125. The summed E-state index contributed by atoms with van der Waals surface area (Å²) < 4.78 is 31.0. The number of nitriles is 1. The van der Waals surface area contributed by atoms with E-state index in [0.717, 1.165) is 27.4 Å². The summed E-state index contributed by atoms with van der Waals surface area (Å²) in [6.45, 7) is 1.37. The largest absolute Gasteiger partial charge is 0.497 e. The molecule has 0 aromatic heterocycles. The summed E-state index contributed by atoms with van der Waals surface area (Å²) in [4.78, 5) is 23.6. The SMILES string of the molecule is COc1cccc(-c2ccc(CN([C@@H](C)C(=O)N[C@H](C#N)CC(N)=O)S(C)(=O)=O)cc2)c1. The molecule has 2 amide bonds. The van der Waals surface area contributed by atoms with Gasteiger partial charge in [0.1, 0.15) is 17.8 Å². The van der Waals surface area contributed by atoms with Crippen molar-refractivity contribution >= 4 is 21.8 Å². The van der Waals surface area contributed by atoms with Crippen molar-refractivity contribution in [3.8, 4) is 22.9 Å². The summed E-state index contributed by atoms with van der Waals surface area (Å²) in [5.74, 6) is -0.724. The highest BCUT2D eigenvalue weighted by Gasteiger charge is 2.30. The molecule has 2 rings (SSSR count). The molecule has 2 aromatic rings. The number of nitrogens with two attached hydrogens (primary N) is 1. The number of carbonyl (C=O) groups excluding carboxylic acids is 2. The minimum atomic E-state index is -3.76. The normalized spacial score (nSPS) is 13.1. The molecule has 10 heteroatoms. The van der Waals surface area contributed by atoms with Crippen molar-refractivity contribution in [3.63, 3.8) is 0 Å². The monoisotopic (exact) mass is 458 g/mol. The van der Waals surface area contributed by atoms with Crippen LogP contribution in [0.1, 0.15) is 18.9 Å².